The van der Waals surface area contributed by atoms with Crippen molar-refractivity contribution in [1.82, 2.24) is 20.4 Å². The molecule has 0 unspecified atom stereocenters. The number of likely N-dealkylation sites (N-methyl/N-ethyl adjacent to an activating group) is 1. The van der Waals surface area contributed by atoms with E-state index in [0.717, 1.165) is 5.69 Å². The Balaban J connectivity index is 0.000000708. The number of amides is 3. The van der Waals surface area contributed by atoms with Crippen LogP contribution in [0.5, 0.6) is 0 Å². The van der Waals surface area contributed by atoms with Gasteiger partial charge in [-0.3, -0.25) is 19.3 Å². The lowest BCUT2D eigenvalue weighted by Crippen LogP contribution is -2.67. The SMILES string of the molecule is CC(C)C[C@H](NC(=O)[C@@H]1CNC[C@H](N2CC(=O)N(c3ccccc3Cl)CC2(C)C)C1)C(=O)N(C)C.O=C(O)/C=C/C(=O)O. The van der Waals surface area contributed by atoms with E-state index in [2.05, 4.69) is 29.4 Å². The van der Waals surface area contributed by atoms with Gasteiger partial charge in [0, 0.05) is 57.5 Å². The molecule has 2 saturated heterocycles. The van der Waals surface area contributed by atoms with E-state index in [1.54, 1.807) is 25.1 Å². The Kier molecular flexibility index (Phi) is 13.2. The number of carboxylic acid groups (broad SMARTS) is 2. The maximum absolute atomic E-state index is 13.2. The van der Waals surface area contributed by atoms with E-state index < -0.39 is 18.0 Å². The highest BCUT2D eigenvalue weighted by Crippen LogP contribution is 2.33. The van der Waals surface area contributed by atoms with Crippen LogP contribution in [0.25, 0.3) is 0 Å². The van der Waals surface area contributed by atoms with Crippen molar-refractivity contribution < 1.29 is 34.2 Å². The standard InChI is InChI=1S/C26H40ClN5O3.C4H4O4/c1-17(2)11-21(25(35)30(5)6)29-24(34)18-12-19(14-28-13-18)32-15-23(33)31(16-26(32,3)4)22-10-8-7-9-20(22)27;5-3(6)1-2-4(7)8/h7-10,17-19,21,28H,11-16H2,1-6H3,(H,29,34);1-2H,(H,5,6)(H,7,8)/b;2-1+/t18-,19+,21-;/m0./s1. The fourth-order valence-corrected chi connectivity index (χ4v) is 5.56. The van der Waals surface area contributed by atoms with Crippen LogP contribution in [0, 0.1) is 11.8 Å². The quantitative estimate of drug-likeness (QED) is 0.303. The molecule has 2 heterocycles. The van der Waals surface area contributed by atoms with Gasteiger partial charge in [0.1, 0.15) is 6.04 Å². The number of hydrogen-bond donors (Lipinski definition) is 4. The third-order valence-corrected chi connectivity index (χ3v) is 7.66. The molecule has 238 valence electrons. The zero-order valence-corrected chi connectivity index (χ0v) is 26.4. The molecule has 2 aliphatic rings. The van der Waals surface area contributed by atoms with Crippen molar-refractivity contribution in [3.8, 4) is 0 Å². The van der Waals surface area contributed by atoms with Gasteiger partial charge in [-0.1, -0.05) is 37.6 Å². The maximum Gasteiger partial charge on any atom is 0.328 e. The Morgan fingerprint density at radius 3 is 2.26 bits per heavy atom. The number of para-hydroxylation sites is 1. The molecule has 43 heavy (non-hydrogen) atoms. The molecule has 0 bridgehead atoms. The molecule has 4 N–H and O–H groups in total. The van der Waals surface area contributed by atoms with Gasteiger partial charge in [-0.15, -0.1) is 0 Å². The van der Waals surface area contributed by atoms with E-state index in [1.807, 2.05) is 32.0 Å². The molecule has 0 aromatic heterocycles. The van der Waals surface area contributed by atoms with Gasteiger partial charge in [0.05, 0.1) is 23.2 Å². The van der Waals surface area contributed by atoms with Gasteiger partial charge >= 0.3 is 11.9 Å². The lowest BCUT2D eigenvalue weighted by Gasteiger charge is -2.51. The number of nitrogens with one attached hydrogen (secondary N) is 2. The van der Waals surface area contributed by atoms with Gasteiger partial charge in [-0.25, -0.2) is 9.59 Å². The van der Waals surface area contributed by atoms with Crippen LogP contribution in [-0.2, 0) is 24.0 Å². The molecule has 3 amide bonds. The number of halogens is 1. The second kappa shape index (κ2) is 15.8. The summed E-state index contributed by atoms with van der Waals surface area (Å²) in [6, 6.07) is 6.90. The Bertz CT molecular complexity index is 1190. The highest BCUT2D eigenvalue weighted by molar-refractivity contribution is 6.33. The molecule has 2 fully saturated rings. The number of carbonyl (C=O) groups is 5. The molecule has 3 atom stereocenters. The maximum atomic E-state index is 13.2. The Morgan fingerprint density at radius 1 is 1.12 bits per heavy atom. The van der Waals surface area contributed by atoms with Gasteiger partial charge in [0.15, 0.2) is 0 Å². The van der Waals surface area contributed by atoms with Crippen LogP contribution < -0.4 is 15.5 Å². The zero-order chi connectivity index (χ0) is 32.5. The van der Waals surface area contributed by atoms with E-state index in [0.29, 0.717) is 49.7 Å². The fraction of sp³-hybridized carbons (Fsp3) is 0.567. The summed E-state index contributed by atoms with van der Waals surface area (Å²) in [6.45, 7) is 10.4. The molecule has 0 spiro atoms. The summed E-state index contributed by atoms with van der Waals surface area (Å²) in [5, 5.41) is 22.6. The van der Waals surface area contributed by atoms with Crippen molar-refractivity contribution in [3.63, 3.8) is 0 Å². The Hall–Kier alpha value is -3.48. The van der Waals surface area contributed by atoms with Gasteiger partial charge in [0.2, 0.25) is 17.7 Å². The highest BCUT2D eigenvalue weighted by atomic mass is 35.5. The van der Waals surface area contributed by atoms with Gasteiger partial charge in [-0.2, -0.15) is 0 Å². The van der Waals surface area contributed by atoms with E-state index in [9.17, 15) is 24.0 Å². The molecule has 12 nitrogen and oxygen atoms in total. The first kappa shape index (κ1) is 35.7. The first-order valence-electron chi connectivity index (χ1n) is 14.2. The Labute approximate surface area is 258 Å². The van der Waals surface area contributed by atoms with Crippen molar-refractivity contribution in [2.75, 3.05) is 45.2 Å². The number of aliphatic carboxylic acids is 2. The zero-order valence-electron chi connectivity index (χ0n) is 25.7. The molecule has 13 heteroatoms. The number of carboxylic acids is 2. The number of piperazine rings is 1. The monoisotopic (exact) mass is 621 g/mol. The number of piperidine rings is 1. The lowest BCUT2D eigenvalue weighted by atomic mass is 9.88. The van der Waals surface area contributed by atoms with Crippen LogP contribution in [0.2, 0.25) is 5.02 Å². The summed E-state index contributed by atoms with van der Waals surface area (Å²) < 4.78 is 0. The third kappa shape index (κ3) is 10.6. The van der Waals surface area contributed by atoms with Gasteiger partial charge in [-0.05, 0) is 44.7 Å². The minimum absolute atomic E-state index is 0.00224. The molecule has 1 aromatic carbocycles. The topological polar surface area (TPSA) is 160 Å². The normalized spacial score (nSPS) is 21.1. The molecular formula is C30H44ClN5O7. The highest BCUT2D eigenvalue weighted by Gasteiger charge is 2.44. The van der Waals surface area contributed by atoms with E-state index in [-0.39, 0.29) is 47.7 Å². The second-order valence-corrected chi connectivity index (χ2v) is 12.5. The summed E-state index contributed by atoms with van der Waals surface area (Å²) in [5.74, 6) is -2.71. The average molecular weight is 622 g/mol. The van der Waals surface area contributed by atoms with Crippen molar-refractivity contribution in [2.45, 2.75) is 58.2 Å². The Morgan fingerprint density at radius 2 is 1.72 bits per heavy atom. The molecule has 0 saturated carbocycles. The van der Waals surface area contributed by atoms with E-state index in [1.165, 1.54) is 4.90 Å². The second-order valence-electron chi connectivity index (χ2n) is 12.0. The van der Waals surface area contributed by atoms with Gasteiger partial charge < -0.3 is 30.6 Å². The number of anilines is 1. The molecule has 0 radical (unpaired) electrons. The number of carbonyl (C=O) groups excluding carboxylic acids is 3. The van der Waals surface area contributed by atoms with Crippen molar-refractivity contribution in [2.24, 2.45) is 11.8 Å². The summed E-state index contributed by atoms with van der Waals surface area (Å²) in [7, 11) is 3.42. The van der Waals surface area contributed by atoms with E-state index in [4.69, 9.17) is 21.8 Å². The molecular weight excluding hydrogens is 578 g/mol. The third-order valence-electron chi connectivity index (χ3n) is 7.34. The fourth-order valence-electron chi connectivity index (χ4n) is 5.32. The van der Waals surface area contributed by atoms with Crippen LogP contribution in [0.1, 0.15) is 40.5 Å². The first-order chi connectivity index (χ1) is 20.0. The lowest BCUT2D eigenvalue weighted by molar-refractivity contribution is -0.137. The summed E-state index contributed by atoms with van der Waals surface area (Å²) >= 11 is 6.38. The minimum atomic E-state index is -1.26. The number of benzene rings is 1. The smallest absolute Gasteiger partial charge is 0.328 e. The predicted octanol–water partition coefficient (Wildman–Crippen LogP) is 2.08. The van der Waals surface area contributed by atoms with Crippen molar-refractivity contribution in [1.29, 1.82) is 0 Å². The summed E-state index contributed by atoms with van der Waals surface area (Å²) in [5.41, 5.74) is 0.423. The first-order valence-corrected chi connectivity index (χ1v) is 14.6. The van der Waals surface area contributed by atoms with Crippen molar-refractivity contribution in [3.05, 3.63) is 41.4 Å². The summed E-state index contributed by atoms with van der Waals surface area (Å²) in [4.78, 5) is 63.6. The largest absolute Gasteiger partial charge is 0.478 e. The average Bonchev–Trinajstić information content (AvgIpc) is 2.92. The number of nitrogens with zero attached hydrogens (tertiary/aromatic N) is 3. The minimum Gasteiger partial charge on any atom is -0.478 e. The summed E-state index contributed by atoms with van der Waals surface area (Å²) in [6.07, 6.45) is 2.34. The molecule has 1 aromatic rings. The molecule has 2 aliphatic heterocycles. The van der Waals surface area contributed by atoms with Crippen LogP contribution in [0.4, 0.5) is 5.69 Å². The number of rotatable bonds is 9. The van der Waals surface area contributed by atoms with E-state index >= 15 is 0 Å². The predicted molar refractivity (Wildman–Crippen MR) is 164 cm³/mol. The number of hydrogen-bond acceptors (Lipinski definition) is 7. The van der Waals surface area contributed by atoms with Crippen LogP contribution in [0.15, 0.2) is 36.4 Å². The molecule has 3 rings (SSSR count). The van der Waals surface area contributed by atoms with Crippen LogP contribution >= 0.6 is 11.6 Å². The van der Waals surface area contributed by atoms with Gasteiger partial charge in [0.25, 0.3) is 0 Å². The van der Waals surface area contributed by atoms with Crippen LogP contribution in [-0.4, -0.2) is 108 Å². The van der Waals surface area contributed by atoms with Crippen LogP contribution in [0.3, 0.4) is 0 Å². The molecule has 0 aliphatic carbocycles. The van der Waals surface area contributed by atoms with Crippen molar-refractivity contribution >= 4 is 46.9 Å².